The SMILES string of the molecule is CC(=O)Nc1nc(CCc2ccc(CCNC(=O)O)s2)cs1. The fourth-order valence-electron chi connectivity index (χ4n) is 1.86. The van der Waals surface area contributed by atoms with E-state index in [2.05, 4.69) is 21.7 Å². The molecule has 0 saturated carbocycles. The van der Waals surface area contributed by atoms with Crippen molar-refractivity contribution in [3.8, 4) is 0 Å². The molecule has 118 valence electrons. The Balaban J connectivity index is 1.79. The molecule has 0 fully saturated rings. The van der Waals surface area contributed by atoms with Gasteiger partial charge in [-0.05, 0) is 31.4 Å². The van der Waals surface area contributed by atoms with Crippen LogP contribution in [-0.4, -0.2) is 28.6 Å². The smallest absolute Gasteiger partial charge is 0.404 e. The predicted octanol–water partition coefficient (Wildman–Crippen LogP) is 2.76. The van der Waals surface area contributed by atoms with Crippen LogP contribution in [0, 0.1) is 0 Å². The molecule has 0 saturated heterocycles. The third kappa shape index (κ3) is 5.45. The molecule has 0 unspecified atom stereocenters. The Morgan fingerprint density at radius 1 is 1.23 bits per heavy atom. The molecule has 2 aromatic rings. The molecule has 3 N–H and O–H groups in total. The topological polar surface area (TPSA) is 91.3 Å². The molecule has 2 amide bonds. The van der Waals surface area contributed by atoms with E-state index in [4.69, 9.17) is 5.11 Å². The Bertz CT molecular complexity index is 651. The molecule has 2 aromatic heterocycles. The molecule has 0 aliphatic heterocycles. The second kappa shape index (κ2) is 7.90. The van der Waals surface area contributed by atoms with Gasteiger partial charge in [0.1, 0.15) is 0 Å². The highest BCUT2D eigenvalue weighted by Crippen LogP contribution is 2.21. The summed E-state index contributed by atoms with van der Waals surface area (Å²) < 4.78 is 0. The molecular weight excluding hydrogens is 322 g/mol. The number of nitrogens with zero attached hydrogens (tertiary/aromatic N) is 1. The van der Waals surface area contributed by atoms with E-state index in [-0.39, 0.29) is 5.91 Å². The first kappa shape index (κ1) is 16.4. The maximum absolute atomic E-state index is 10.9. The molecule has 0 spiro atoms. The highest BCUT2D eigenvalue weighted by molar-refractivity contribution is 7.14. The zero-order valence-electron chi connectivity index (χ0n) is 12.1. The van der Waals surface area contributed by atoms with Crippen LogP contribution in [-0.2, 0) is 24.1 Å². The first-order valence-electron chi connectivity index (χ1n) is 6.79. The van der Waals surface area contributed by atoms with Crippen molar-refractivity contribution in [3.05, 3.63) is 33.0 Å². The van der Waals surface area contributed by atoms with Gasteiger partial charge in [0.05, 0.1) is 5.69 Å². The van der Waals surface area contributed by atoms with Gasteiger partial charge in [-0.15, -0.1) is 22.7 Å². The van der Waals surface area contributed by atoms with Gasteiger partial charge in [-0.25, -0.2) is 9.78 Å². The van der Waals surface area contributed by atoms with Gasteiger partial charge in [-0.2, -0.15) is 0 Å². The van der Waals surface area contributed by atoms with E-state index in [0.29, 0.717) is 18.1 Å². The average molecular weight is 339 g/mol. The van der Waals surface area contributed by atoms with Crippen LogP contribution >= 0.6 is 22.7 Å². The second-order valence-electron chi connectivity index (χ2n) is 4.68. The second-order valence-corrected chi connectivity index (χ2v) is 6.79. The van der Waals surface area contributed by atoms with Crippen molar-refractivity contribution in [3.63, 3.8) is 0 Å². The van der Waals surface area contributed by atoms with Crippen LogP contribution in [0.5, 0.6) is 0 Å². The number of carbonyl (C=O) groups excluding carboxylic acids is 1. The summed E-state index contributed by atoms with van der Waals surface area (Å²) in [7, 11) is 0. The number of anilines is 1. The average Bonchev–Trinajstić information content (AvgIpc) is 3.05. The molecule has 0 bridgehead atoms. The maximum atomic E-state index is 10.9. The Hall–Kier alpha value is -1.93. The van der Waals surface area contributed by atoms with E-state index >= 15 is 0 Å². The van der Waals surface area contributed by atoms with Crippen LogP contribution < -0.4 is 10.6 Å². The lowest BCUT2D eigenvalue weighted by Gasteiger charge is -1.98. The van der Waals surface area contributed by atoms with Gasteiger partial charge < -0.3 is 15.7 Å². The van der Waals surface area contributed by atoms with Gasteiger partial charge in [0.15, 0.2) is 5.13 Å². The lowest BCUT2D eigenvalue weighted by molar-refractivity contribution is -0.114. The Kier molecular flexibility index (Phi) is 5.91. The van der Waals surface area contributed by atoms with Crippen molar-refractivity contribution in [2.75, 3.05) is 11.9 Å². The molecule has 8 heteroatoms. The summed E-state index contributed by atoms with van der Waals surface area (Å²) in [5.74, 6) is -0.112. The van der Waals surface area contributed by atoms with E-state index in [1.165, 1.54) is 28.0 Å². The number of rotatable bonds is 7. The summed E-state index contributed by atoms with van der Waals surface area (Å²) in [6.45, 7) is 1.90. The fraction of sp³-hybridized carbons (Fsp3) is 0.357. The summed E-state index contributed by atoms with van der Waals surface area (Å²) in [5.41, 5.74) is 0.969. The van der Waals surface area contributed by atoms with E-state index in [1.54, 1.807) is 11.3 Å². The Labute approximate surface area is 136 Å². The molecule has 6 nitrogen and oxygen atoms in total. The molecule has 0 aliphatic carbocycles. The van der Waals surface area contributed by atoms with Gasteiger partial charge >= 0.3 is 6.09 Å². The minimum Gasteiger partial charge on any atom is -0.465 e. The summed E-state index contributed by atoms with van der Waals surface area (Å²) in [4.78, 5) is 28.1. The zero-order valence-corrected chi connectivity index (χ0v) is 13.7. The number of carboxylic acid groups (broad SMARTS) is 1. The number of aromatic nitrogens is 1. The number of nitrogens with one attached hydrogen (secondary N) is 2. The summed E-state index contributed by atoms with van der Waals surface area (Å²) in [6, 6.07) is 4.11. The van der Waals surface area contributed by atoms with Crippen LogP contribution in [0.3, 0.4) is 0 Å². The van der Waals surface area contributed by atoms with Gasteiger partial charge in [0.25, 0.3) is 0 Å². The minimum atomic E-state index is -0.990. The Morgan fingerprint density at radius 2 is 1.95 bits per heavy atom. The van der Waals surface area contributed by atoms with Crippen LogP contribution in [0.25, 0.3) is 0 Å². The predicted molar refractivity (Wildman–Crippen MR) is 87.9 cm³/mol. The van der Waals surface area contributed by atoms with Crippen molar-refractivity contribution in [1.82, 2.24) is 10.3 Å². The lowest BCUT2D eigenvalue weighted by atomic mass is 10.2. The normalized spacial score (nSPS) is 10.4. The third-order valence-corrected chi connectivity index (χ3v) is 4.84. The standard InChI is InChI=1S/C14H17N3O3S2/c1-9(18)16-13-17-10(8-21-13)2-3-11-4-5-12(22-11)6-7-15-14(19)20/h4-5,8,15H,2-3,6-7H2,1H3,(H,19,20)(H,16,17,18). The van der Waals surface area contributed by atoms with E-state index in [0.717, 1.165) is 18.5 Å². The molecule has 0 atom stereocenters. The number of hydrogen-bond donors (Lipinski definition) is 3. The number of thiazole rings is 1. The largest absolute Gasteiger partial charge is 0.465 e. The first-order chi connectivity index (χ1) is 10.5. The van der Waals surface area contributed by atoms with E-state index in [9.17, 15) is 9.59 Å². The highest BCUT2D eigenvalue weighted by Gasteiger charge is 2.06. The van der Waals surface area contributed by atoms with Crippen LogP contribution in [0.2, 0.25) is 0 Å². The molecule has 0 radical (unpaired) electrons. The molecular formula is C14H17N3O3S2. The first-order valence-corrected chi connectivity index (χ1v) is 8.49. The fourth-order valence-corrected chi connectivity index (χ4v) is 3.67. The summed E-state index contributed by atoms with van der Waals surface area (Å²) >= 11 is 3.12. The summed E-state index contributed by atoms with van der Waals surface area (Å²) in [6.07, 6.45) is 1.43. The van der Waals surface area contributed by atoms with Gasteiger partial charge in [0.2, 0.25) is 5.91 Å². The van der Waals surface area contributed by atoms with Gasteiger partial charge in [0, 0.05) is 28.6 Å². The van der Waals surface area contributed by atoms with Crippen LogP contribution in [0.1, 0.15) is 22.4 Å². The van der Waals surface area contributed by atoms with Crippen LogP contribution in [0.4, 0.5) is 9.93 Å². The van der Waals surface area contributed by atoms with E-state index < -0.39 is 6.09 Å². The van der Waals surface area contributed by atoms with Crippen molar-refractivity contribution >= 4 is 39.8 Å². The zero-order chi connectivity index (χ0) is 15.9. The molecule has 0 aliphatic rings. The quantitative estimate of drug-likeness (QED) is 0.723. The van der Waals surface area contributed by atoms with Crippen LogP contribution in [0.15, 0.2) is 17.5 Å². The van der Waals surface area contributed by atoms with Crippen molar-refractivity contribution < 1.29 is 14.7 Å². The van der Waals surface area contributed by atoms with Crippen molar-refractivity contribution in [1.29, 1.82) is 0 Å². The van der Waals surface area contributed by atoms with Gasteiger partial charge in [-0.1, -0.05) is 0 Å². The number of carbonyl (C=O) groups is 2. The minimum absolute atomic E-state index is 0.112. The maximum Gasteiger partial charge on any atom is 0.404 e. The van der Waals surface area contributed by atoms with Gasteiger partial charge in [-0.3, -0.25) is 4.79 Å². The molecule has 2 heterocycles. The third-order valence-electron chi connectivity index (χ3n) is 2.83. The lowest BCUT2D eigenvalue weighted by Crippen LogP contribution is -2.22. The number of hydrogen-bond acceptors (Lipinski definition) is 5. The number of thiophene rings is 1. The summed E-state index contributed by atoms with van der Waals surface area (Å²) in [5, 5.41) is 16.1. The van der Waals surface area contributed by atoms with Crippen molar-refractivity contribution in [2.24, 2.45) is 0 Å². The molecule has 0 aromatic carbocycles. The monoisotopic (exact) mass is 339 g/mol. The molecule has 22 heavy (non-hydrogen) atoms. The highest BCUT2D eigenvalue weighted by atomic mass is 32.1. The number of amides is 2. The molecule has 2 rings (SSSR count). The van der Waals surface area contributed by atoms with E-state index in [1.807, 2.05) is 11.4 Å². The Morgan fingerprint density at radius 3 is 2.64 bits per heavy atom. The van der Waals surface area contributed by atoms with Crippen molar-refractivity contribution in [2.45, 2.75) is 26.2 Å². The number of aryl methyl sites for hydroxylation is 2.